The topological polar surface area (TPSA) is 140 Å². The molecular formula is C25H23F6N9O2S. The average molecular weight is 628 g/mol. The first-order chi connectivity index (χ1) is 20.3. The summed E-state index contributed by atoms with van der Waals surface area (Å²) >= 11 is 0.950. The van der Waals surface area contributed by atoms with Crippen molar-refractivity contribution in [3.05, 3.63) is 81.1 Å². The van der Waals surface area contributed by atoms with E-state index in [1.807, 2.05) is 0 Å². The second-order valence-corrected chi connectivity index (χ2v) is 10.4. The van der Waals surface area contributed by atoms with Gasteiger partial charge in [0.25, 0.3) is 17.7 Å². The zero-order valence-corrected chi connectivity index (χ0v) is 23.1. The van der Waals surface area contributed by atoms with Crippen molar-refractivity contribution in [3.63, 3.8) is 0 Å². The molecule has 0 fully saturated rings. The number of aryl methyl sites for hydroxylation is 1. The highest BCUT2D eigenvalue weighted by Gasteiger charge is 2.31. The number of alkyl halides is 6. The van der Waals surface area contributed by atoms with Crippen LogP contribution in [0.15, 0.2) is 43.0 Å². The molecule has 4 aromatic rings. The minimum Gasteiger partial charge on any atom is -0.346 e. The molecule has 0 spiro atoms. The van der Waals surface area contributed by atoms with Crippen LogP contribution in [0, 0.1) is 0 Å². The van der Waals surface area contributed by atoms with Crippen LogP contribution in [0.25, 0.3) is 0 Å². The molecule has 0 aliphatic heterocycles. The number of carbonyl (C=O) groups excluding carboxylic acids is 2. The molecule has 0 saturated carbocycles. The molecule has 1 atom stereocenters. The molecule has 11 nitrogen and oxygen atoms in total. The summed E-state index contributed by atoms with van der Waals surface area (Å²) in [6.07, 6.45) is -1.58. The molecule has 4 heterocycles. The largest absolute Gasteiger partial charge is 0.417 e. The highest BCUT2D eigenvalue weighted by Crippen LogP contribution is 2.29. The predicted octanol–water partition coefficient (Wildman–Crippen LogP) is 3.88. The molecule has 0 aliphatic carbocycles. The van der Waals surface area contributed by atoms with Gasteiger partial charge in [-0.05, 0) is 30.2 Å². The first kappa shape index (κ1) is 31.5. The second-order valence-electron chi connectivity index (χ2n) is 9.33. The molecule has 4 aromatic heterocycles. The number of carbonyl (C=O) groups is 2. The van der Waals surface area contributed by atoms with Gasteiger partial charge in [0, 0.05) is 44.0 Å². The van der Waals surface area contributed by atoms with Gasteiger partial charge in [-0.3, -0.25) is 19.6 Å². The molecule has 0 aliphatic rings. The van der Waals surface area contributed by atoms with Crippen LogP contribution >= 0.6 is 11.3 Å². The maximum atomic E-state index is 14.6. The number of amides is 2. The summed E-state index contributed by atoms with van der Waals surface area (Å²) in [4.78, 5) is 32.2. The van der Waals surface area contributed by atoms with Gasteiger partial charge in [-0.25, -0.2) is 17.9 Å². The number of nitrogens with zero attached hydrogens (tertiary/aromatic N) is 7. The molecule has 0 radical (unpaired) electrons. The molecule has 2 N–H and O–H groups in total. The van der Waals surface area contributed by atoms with E-state index in [-0.39, 0.29) is 60.0 Å². The second kappa shape index (κ2) is 13.2. The van der Waals surface area contributed by atoms with Gasteiger partial charge in [0.15, 0.2) is 5.69 Å². The van der Waals surface area contributed by atoms with E-state index in [0.717, 1.165) is 29.0 Å². The number of hydrogen-bond donors (Lipinski definition) is 2. The van der Waals surface area contributed by atoms with Crippen molar-refractivity contribution in [3.8, 4) is 0 Å². The van der Waals surface area contributed by atoms with E-state index in [1.165, 1.54) is 30.7 Å². The van der Waals surface area contributed by atoms with Crippen LogP contribution in [0.4, 0.5) is 26.3 Å². The van der Waals surface area contributed by atoms with Gasteiger partial charge in [0.1, 0.15) is 11.2 Å². The van der Waals surface area contributed by atoms with E-state index < -0.39 is 35.6 Å². The minimum absolute atomic E-state index is 0.00947. The van der Waals surface area contributed by atoms with Gasteiger partial charge in [-0.1, -0.05) is 16.6 Å². The van der Waals surface area contributed by atoms with Crippen molar-refractivity contribution in [2.24, 2.45) is 0 Å². The normalized spacial score (nSPS) is 12.6. The fourth-order valence-electron chi connectivity index (χ4n) is 3.62. The molecule has 43 heavy (non-hydrogen) atoms. The molecule has 0 saturated heterocycles. The van der Waals surface area contributed by atoms with E-state index in [2.05, 4.69) is 41.1 Å². The highest BCUT2D eigenvalue weighted by atomic mass is 32.1. The summed E-state index contributed by atoms with van der Waals surface area (Å²) in [6, 6.07) is 3.24. The van der Waals surface area contributed by atoms with Gasteiger partial charge >= 0.3 is 6.18 Å². The zero-order chi connectivity index (χ0) is 31.2. The number of rotatable bonds is 12. The molecule has 18 heteroatoms. The highest BCUT2D eigenvalue weighted by molar-refractivity contribution is 7.13. The first-order valence-corrected chi connectivity index (χ1v) is 13.4. The Hall–Kier alpha value is -4.48. The zero-order valence-electron chi connectivity index (χ0n) is 22.3. The van der Waals surface area contributed by atoms with Crippen molar-refractivity contribution in [2.45, 2.75) is 57.7 Å². The van der Waals surface area contributed by atoms with Crippen LogP contribution in [0.2, 0.25) is 0 Å². The molecule has 4 rings (SSSR count). The van der Waals surface area contributed by atoms with E-state index in [1.54, 1.807) is 0 Å². The summed E-state index contributed by atoms with van der Waals surface area (Å²) in [5.41, 5.74) is -0.975. The number of hydrogen-bond acceptors (Lipinski definition) is 9. The third-order valence-electron chi connectivity index (χ3n) is 5.82. The molecule has 0 bridgehead atoms. The Morgan fingerprint density at radius 1 is 1.00 bits per heavy atom. The third-order valence-corrected chi connectivity index (χ3v) is 6.80. The van der Waals surface area contributed by atoms with Crippen LogP contribution in [-0.2, 0) is 38.2 Å². The Labute approximate surface area is 243 Å². The summed E-state index contributed by atoms with van der Waals surface area (Å²) in [7, 11) is 0. The van der Waals surface area contributed by atoms with Crippen LogP contribution in [0.3, 0.4) is 0 Å². The van der Waals surface area contributed by atoms with Crippen molar-refractivity contribution >= 4 is 23.2 Å². The predicted molar refractivity (Wildman–Crippen MR) is 139 cm³/mol. The molecule has 1 unspecified atom stereocenters. The van der Waals surface area contributed by atoms with Gasteiger partial charge in [0.2, 0.25) is 5.01 Å². The fraction of sp³-hybridized carbons (Fsp3) is 0.360. The molecular weight excluding hydrogens is 604 g/mol. The molecule has 0 aromatic carbocycles. The van der Waals surface area contributed by atoms with E-state index >= 15 is 0 Å². The minimum atomic E-state index is -4.57. The number of pyridine rings is 2. The van der Waals surface area contributed by atoms with Crippen LogP contribution in [0.5, 0.6) is 0 Å². The fourth-order valence-corrected chi connectivity index (χ4v) is 4.39. The SMILES string of the molecule is CC(F)(F)c1ccnc(CNC(=O)c2nnc(CCC(F)Cn3cc(C(=O)NCc4cncc(C(F)(F)F)c4)nn3)s2)c1. The van der Waals surface area contributed by atoms with E-state index in [4.69, 9.17) is 0 Å². The van der Waals surface area contributed by atoms with Gasteiger partial charge < -0.3 is 10.6 Å². The van der Waals surface area contributed by atoms with E-state index in [0.29, 0.717) is 11.2 Å². The van der Waals surface area contributed by atoms with Crippen molar-refractivity contribution in [1.29, 1.82) is 0 Å². The maximum Gasteiger partial charge on any atom is 0.417 e. The quantitative estimate of drug-likeness (QED) is 0.226. The Kier molecular flexibility index (Phi) is 9.67. The maximum absolute atomic E-state index is 14.6. The van der Waals surface area contributed by atoms with Gasteiger partial charge in [-0.15, -0.1) is 15.3 Å². The number of aromatic nitrogens is 7. The summed E-state index contributed by atoms with van der Waals surface area (Å²) in [6.45, 7) is 0.169. The molecule has 228 valence electrons. The Morgan fingerprint density at radius 3 is 2.51 bits per heavy atom. The lowest BCUT2D eigenvalue weighted by atomic mass is 10.1. The van der Waals surface area contributed by atoms with Crippen molar-refractivity contribution < 1.29 is 35.9 Å². The monoisotopic (exact) mass is 627 g/mol. The van der Waals surface area contributed by atoms with Crippen LogP contribution in [-0.4, -0.2) is 53.1 Å². The standard InChI is InChI=1S/C25H23F6N9O2S/c1-24(27,28)15-4-5-33-18(7-15)11-35-22(42)23-38-37-20(43-23)3-2-17(26)12-40-13-19(36-39-40)21(41)34-9-14-6-16(10-32-8-14)25(29,30)31/h4-8,10,13,17H,2-3,9,11-12H2,1H3,(H,34,41)(H,35,42). The average Bonchev–Trinajstić information content (AvgIpc) is 3.63. The van der Waals surface area contributed by atoms with Gasteiger partial charge in [-0.2, -0.15) is 13.2 Å². The summed E-state index contributed by atoms with van der Waals surface area (Å²) < 4.78 is 81.2. The smallest absolute Gasteiger partial charge is 0.346 e. The number of halogens is 6. The van der Waals surface area contributed by atoms with Crippen molar-refractivity contribution in [2.75, 3.05) is 0 Å². The third kappa shape index (κ3) is 9.00. The summed E-state index contributed by atoms with van der Waals surface area (Å²) in [5.74, 6) is -4.36. The van der Waals surface area contributed by atoms with Crippen LogP contribution in [0.1, 0.15) is 61.0 Å². The first-order valence-electron chi connectivity index (χ1n) is 12.6. The Balaban J connectivity index is 1.21. The number of nitrogens with one attached hydrogen (secondary N) is 2. The Bertz CT molecular complexity index is 1570. The van der Waals surface area contributed by atoms with Gasteiger partial charge in [0.05, 0.1) is 30.5 Å². The lowest BCUT2D eigenvalue weighted by Crippen LogP contribution is -2.23. The van der Waals surface area contributed by atoms with Crippen LogP contribution < -0.4 is 10.6 Å². The summed E-state index contributed by atoms with van der Waals surface area (Å²) in [5, 5.41) is 20.4. The Morgan fingerprint density at radius 2 is 1.77 bits per heavy atom. The molecule has 2 amide bonds. The lowest BCUT2D eigenvalue weighted by molar-refractivity contribution is -0.137. The lowest BCUT2D eigenvalue weighted by Gasteiger charge is -2.11. The van der Waals surface area contributed by atoms with E-state index in [9.17, 15) is 35.9 Å². The van der Waals surface area contributed by atoms with Crippen molar-refractivity contribution in [1.82, 2.24) is 45.8 Å².